The Bertz CT molecular complexity index is 346. The molecule has 15 heavy (non-hydrogen) atoms. The molecule has 2 atom stereocenters. The van der Waals surface area contributed by atoms with Crippen molar-refractivity contribution in [2.24, 2.45) is 13.0 Å². The number of hydrogen-bond acceptors (Lipinski definition) is 3. The van der Waals surface area contributed by atoms with Crippen molar-refractivity contribution in [2.75, 3.05) is 13.1 Å². The molecule has 4 nitrogen and oxygen atoms in total. The van der Waals surface area contributed by atoms with Gasteiger partial charge < -0.3 is 10.4 Å². The number of aromatic nitrogens is 2. The van der Waals surface area contributed by atoms with Crippen LogP contribution in [0, 0.1) is 5.92 Å². The SMILES string of the molecule is CC1CNCCC1(O)c1c(Br)cnn1C. The average molecular weight is 274 g/mol. The molecule has 0 amide bonds. The first-order valence-corrected chi connectivity index (χ1v) is 5.96. The highest BCUT2D eigenvalue weighted by atomic mass is 79.9. The van der Waals surface area contributed by atoms with Gasteiger partial charge in [-0.3, -0.25) is 4.68 Å². The Morgan fingerprint density at radius 1 is 1.73 bits per heavy atom. The quantitative estimate of drug-likeness (QED) is 0.803. The molecule has 1 aromatic heterocycles. The normalized spacial score (nSPS) is 31.9. The Morgan fingerprint density at radius 3 is 3.00 bits per heavy atom. The second-order valence-electron chi connectivity index (χ2n) is 4.24. The van der Waals surface area contributed by atoms with E-state index in [4.69, 9.17) is 0 Å². The minimum atomic E-state index is -0.769. The van der Waals surface area contributed by atoms with Crippen molar-refractivity contribution in [3.8, 4) is 0 Å². The van der Waals surface area contributed by atoms with Crippen LogP contribution >= 0.6 is 15.9 Å². The molecule has 0 bridgehead atoms. The molecule has 0 aliphatic carbocycles. The number of halogens is 1. The van der Waals surface area contributed by atoms with E-state index in [-0.39, 0.29) is 5.92 Å². The third-order valence-electron chi connectivity index (χ3n) is 3.25. The van der Waals surface area contributed by atoms with Crippen LogP contribution in [0.1, 0.15) is 19.0 Å². The van der Waals surface area contributed by atoms with Gasteiger partial charge in [0.2, 0.25) is 0 Å². The summed E-state index contributed by atoms with van der Waals surface area (Å²) >= 11 is 3.45. The van der Waals surface area contributed by atoms with E-state index in [1.807, 2.05) is 7.05 Å². The lowest BCUT2D eigenvalue weighted by molar-refractivity contribution is -0.0464. The number of hydrogen-bond donors (Lipinski definition) is 2. The third-order valence-corrected chi connectivity index (χ3v) is 3.83. The summed E-state index contributed by atoms with van der Waals surface area (Å²) in [5.74, 6) is 0.193. The van der Waals surface area contributed by atoms with Crippen LogP contribution in [-0.4, -0.2) is 28.0 Å². The largest absolute Gasteiger partial charge is 0.383 e. The summed E-state index contributed by atoms with van der Waals surface area (Å²) in [6.07, 6.45) is 2.47. The summed E-state index contributed by atoms with van der Waals surface area (Å²) in [5.41, 5.74) is 0.117. The van der Waals surface area contributed by atoms with E-state index >= 15 is 0 Å². The fourth-order valence-electron chi connectivity index (χ4n) is 2.26. The number of aryl methyl sites for hydroxylation is 1. The Balaban J connectivity index is 2.43. The molecule has 1 saturated heterocycles. The van der Waals surface area contributed by atoms with Gasteiger partial charge in [-0.2, -0.15) is 5.10 Å². The molecule has 2 rings (SSSR count). The maximum absolute atomic E-state index is 10.7. The van der Waals surface area contributed by atoms with E-state index in [0.29, 0.717) is 0 Å². The van der Waals surface area contributed by atoms with Crippen LogP contribution < -0.4 is 5.32 Å². The predicted molar refractivity (Wildman–Crippen MR) is 61.5 cm³/mol. The van der Waals surface area contributed by atoms with Crippen LogP contribution in [0.3, 0.4) is 0 Å². The van der Waals surface area contributed by atoms with Gasteiger partial charge >= 0.3 is 0 Å². The maximum atomic E-state index is 10.7. The van der Waals surface area contributed by atoms with Crippen LogP contribution in [0.25, 0.3) is 0 Å². The molecule has 0 spiro atoms. The summed E-state index contributed by atoms with van der Waals surface area (Å²) in [4.78, 5) is 0. The highest BCUT2D eigenvalue weighted by molar-refractivity contribution is 9.10. The van der Waals surface area contributed by atoms with Gasteiger partial charge in [-0.05, 0) is 28.9 Å². The van der Waals surface area contributed by atoms with Gasteiger partial charge in [-0.15, -0.1) is 0 Å². The first-order valence-electron chi connectivity index (χ1n) is 5.17. The fraction of sp³-hybridized carbons (Fsp3) is 0.700. The molecule has 84 valence electrons. The van der Waals surface area contributed by atoms with Gasteiger partial charge in [-0.25, -0.2) is 0 Å². The third kappa shape index (κ3) is 1.73. The summed E-state index contributed by atoms with van der Waals surface area (Å²) in [6, 6.07) is 0. The van der Waals surface area contributed by atoms with Crippen LogP contribution in [0.4, 0.5) is 0 Å². The zero-order valence-corrected chi connectivity index (χ0v) is 10.6. The second-order valence-corrected chi connectivity index (χ2v) is 5.10. The van der Waals surface area contributed by atoms with Gasteiger partial charge in [0.05, 0.1) is 16.4 Å². The summed E-state index contributed by atoms with van der Waals surface area (Å²) in [5, 5.41) is 18.2. The predicted octanol–water partition coefficient (Wildman–Crippen LogP) is 1.000. The number of rotatable bonds is 1. The Kier molecular flexibility index (Phi) is 2.87. The molecular weight excluding hydrogens is 258 g/mol. The monoisotopic (exact) mass is 273 g/mol. The molecule has 2 N–H and O–H groups in total. The number of piperidine rings is 1. The van der Waals surface area contributed by atoms with Crippen LogP contribution in [0.2, 0.25) is 0 Å². The lowest BCUT2D eigenvalue weighted by Crippen LogP contribution is -2.48. The average Bonchev–Trinajstić information content (AvgIpc) is 2.52. The van der Waals surface area contributed by atoms with E-state index in [1.165, 1.54) is 0 Å². The molecule has 0 saturated carbocycles. The number of nitrogens with zero attached hydrogens (tertiary/aromatic N) is 2. The Labute approximate surface area is 97.8 Å². The molecule has 0 radical (unpaired) electrons. The van der Waals surface area contributed by atoms with E-state index < -0.39 is 5.60 Å². The molecule has 1 aromatic rings. The fourth-order valence-corrected chi connectivity index (χ4v) is 2.95. The minimum absolute atomic E-state index is 0.193. The number of aliphatic hydroxyl groups is 1. The standard InChI is InChI=1S/C10H16BrN3O/c1-7-5-12-4-3-10(7,15)9-8(11)6-13-14(9)2/h6-7,12,15H,3-5H2,1-2H3. The smallest absolute Gasteiger partial charge is 0.112 e. The topological polar surface area (TPSA) is 50.1 Å². The van der Waals surface area contributed by atoms with Crippen molar-refractivity contribution in [3.05, 3.63) is 16.4 Å². The first-order chi connectivity index (χ1) is 7.05. The van der Waals surface area contributed by atoms with E-state index in [2.05, 4.69) is 33.3 Å². The number of nitrogens with one attached hydrogen (secondary N) is 1. The molecule has 1 fully saturated rings. The van der Waals surface area contributed by atoms with E-state index in [9.17, 15) is 5.11 Å². The summed E-state index contributed by atoms with van der Waals surface area (Å²) < 4.78 is 2.65. The molecule has 5 heteroatoms. The van der Waals surface area contributed by atoms with Crippen molar-refractivity contribution < 1.29 is 5.11 Å². The van der Waals surface area contributed by atoms with E-state index in [1.54, 1.807) is 10.9 Å². The molecule has 2 heterocycles. The van der Waals surface area contributed by atoms with Gasteiger partial charge in [0.15, 0.2) is 0 Å². The summed E-state index contributed by atoms with van der Waals surface area (Å²) in [6.45, 7) is 3.75. The second kappa shape index (κ2) is 3.88. The first kappa shape index (κ1) is 11.1. The van der Waals surface area contributed by atoms with Crippen molar-refractivity contribution in [1.82, 2.24) is 15.1 Å². The highest BCUT2D eigenvalue weighted by Crippen LogP contribution is 2.38. The molecular formula is C10H16BrN3O. The molecule has 0 aromatic carbocycles. The van der Waals surface area contributed by atoms with E-state index in [0.717, 1.165) is 29.7 Å². The molecule has 1 aliphatic heterocycles. The molecule has 2 unspecified atom stereocenters. The van der Waals surface area contributed by atoms with Gasteiger partial charge in [0.25, 0.3) is 0 Å². The van der Waals surface area contributed by atoms with Crippen molar-refractivity contribution in [2.45, 2.75) is 18.9 Å². The van der Waals surface area contributed by atoms with Crippen LogP contribution in [0.15, 0.2) is 10.7 Å². The lowest BCUT2D eigenvalue weighted by atomic mass is 9.80. The van der Waals surface area contributed by atoms with Gasteiger partial charge in [0, 0.05) is 19.5 Å². The summed E-state index contributed by atoms with van der Waals surface area (Å²) in [7, 11) is 1.87. The Hall–Kier alpha value is -0.390. The highest BCUT2D eigenvalue weighted by Gasteiger charge is 2.41. The van der Waals surface area contributed by atoms with Crippen LogP contribution in [-0.2, 0) is 12.6 Å². The minimum Gasteiger partial charge on any atom is -0.383 e. The van der Waals surface area contributed by atoms with Crippen LogP contribution in [0.5, 0.6) is 0 Å². The maximum Gasteiger partial charge on any atom is 0.112 e. The van der Waals surface area contributed by atoms with Crippen molar-refractivity contribution in [3.63, 3.8) is 0 Å². The van der Waals surface area contributed by atoms with Crippen molar-refractivity contribution >= 4 is 15.9 Å². The van der Waals surface area contributed by atoms with Gasteiger partial charge in [-0.1, -0.05) is 6.92 Å². The lowest BCUT2D eigenvalue weighted by Gasteiger charge is -2.38. The zero-order chi connectivity index (χ0) is 11.1. The van der Waals surface area contributed by atoms with Crippen molar-refractivity contribution in [1.29, 1.82) is 0 Å². The Morgan fingerprint density at radius 2 is 2.47 bits per heavy atom. The zero-order valence-electron chi connectivity index (χ0n) is 9.00. The van der Waals surface area contributed by atoms with Gasteiger partial charge in [0.1, 0.15) is 5.60 Å². The molecule has 1 aliphatic rings.